The molecule has 0 N–H and O–H groups in total. The van der Waals surface area contributed by atoms with Crippen LogP contribution < -0.4 is 14.5 Å². The number of anilines is 4. The Morgan fingerprint density at radius 1 is 0.565 bits per heavy atom. The predicted octanol–water partition coefficient (Wildman–Crippen LogP) is 15.8. The summed E-state index contributed by atoms with van der Waals surface area (Å²) < 4.78 is 11.7. The predicted molar refractivity (Wildman–Crippen MR) is 263 cm³/mol. The lowest BCUT2D eigenvalue weighted by atomic mass is 9.85. The molecule has 0 fully saturated rings. The molecule has 11 rings (SSSR count). The molecule has 10 aromatic rings. The van der Waals surface area contributed by atoms with E-state index in [0.29, 0.717) is 6.67 Å². The maximum absolute atomic E-state index is 6.83. The number of hydrogen-bond acceptors (Lipinski definition) is 5. The molecule has 304 valence electrons. The number of hydrogen-bond donors (Lipinski definition) is 0. The van der Waals surface area contributed by atoms with Gasteiger partial charge in [-0.3, -0.25) is 4.57 Å². The van der Waals surface area contributed by atoms with Crippen LogP contribution in [-0.4, -0.2) is 16.2 Å². The van der Waals surface area contributed by atoms with Gasteiger partial charge in [0.05, 0.1) is 27.1 Å². The van der Waals surface area contributed by atoms with Crippen molar-refractivity contribution in [1.82, 2.24) is 9.55 Å². The molecule has 0 bridgehead atoms. The fraction of sp³-hybridized carbons (Fsp3) is 0.161. The van der Waals surface area contributed by atoms with Crippen LogP contribution in [0.4, 0.5) is 22.7 Å². The van der Waals surface area contributed by atoms with Crippen molar-refractivity contribution in [2.24, 2.45) is 0 Å². The van der Waals surface area contributed by atoms with Crippen LogP contribution in [0.15, 0.2) is 170 Å². The second kappa shape index (κ2) is 14.4. The van der Waals surface area contributed by atoms with Gasteiger partial charge in [0, 0.05) is 45.2 Å². The first-order valence-corrected chi connectivity index (χ1v) is 22.3. The maximum Gasteiger partial charge on any atom is 0.138 e. The summed E-state index contributed by atoms with van der Waals surface area (Å²) in [6, 6.07) is 59.0. The summed E-state index contributed by atoms with van der Waals surface area (Å²) in [6.45, 7) is 14.3. The molecule has 7 aromatic carbocycles. The Bertz CT molecular complexity index is 3350. The summed E-state index contributed by atoms with van der Waals surface area (Å²) in [5.41, 5.74) is 11.9. The molecule has 62 heavy (non-hydrogen) atoms. The summed E-state index contributed by atoms with van der Waals surface area (Å²) in [7, 11) is 0. The number of benzene rings is 7. The highest BCUT2D eigenvalue weighted by Crippen LogP contribution is 2.48. The van der Waals surface area contributed by atoms with Crippen LogP contribution in [0.5, 0.6) is 11.5 Å². The van der Waals surface area contributed by atoms with Gasteiger partial charge < -0.3 is 14.5 Å². The molecule has 0 aliphatic carbocycles. The third kappa shape index (κ3) is 6.40. The van der Waals surface area contributed by atoms with E-state index in [9.17, 15) is 0 Å². The largest absolute Gasteiger partial charge is 0.457 e. The minimum absolute atomic E-state index is 0.000905. The van der Waals surface area contributed by atoms with Gasteiger partial charge in [-0.25, -0.2) is 4.98 Å². The molecular weight excluding hydrogens is 777 g/mol. The average Bonchev–Trinajstić information content (AvgIpc) is 3.95. The van der Waals surface area contributed by atoms with Crippen molar-refractivity contribution in [3.05, 3.63) is 181 Å². The van der Waals surface area contributed by atoms with E-state index in [2.05, 4.69) is 220 Å². The van der Waals surface area contributed by atoms with Gasteiger partial charge in [0.25, 0.3) is 0 Å². The molecule has 0 atom stereocenters. The van der Waals surface area contributed by atoms with E-state index in [1.807, 2.05) is 17.5 Å². The van der Waals surface area contributed by atoms with Gasteiger partial charge in [-0.2, -0.15) is 0 Å². The molecular formula is C56H48N4OS. The average molecular weight is 825 g/mol. The molecule has 4 heterocycles. The van der Waals surface area contributed by atoms with Crippen molar-refractivity contribution in [1.29, 1.82) is 0 Å². The highest BCUT2D eigenvalue weighted by molar-refractivity contribution is 7.27. The van der Waals surface area contributed by atoms with Crippen molar-refractivity contribution in [3.63, 3.8) is 0 Å². The summed E-state index contributed by atoms with van der Waals surface area (Å²) in [5, 5.41) is 4.90. The van der Waals surface area contributed by atoms with Gasteiger partial charge in [-0.05, 0) is 105 Å². The summed E-state index contributed by atoms with van der Waals surface area (Å²) >= 11 is 1.85. The molecule has 0 amide bonds. The third-order valence-corrected chi connectivity index (χ3v) is 13.6. The standard InChI is InChI=1S/C56H48N4OS/c1-55(2,3)39-25-22-36(23-26-39)38-30-31-57-51(32-38)60-49-34-42(27-28-44(49)54-53(60)52-43-17-8-7-14-37(43)24-29-50(52)62-54)61-41-16-13-15-40(33-41)58-35-59(48-21-12-11-20-47(48)58)46-19-10-9-18-45(46)56(4,5)6/h7-34H,35H2,1-6H3. The molecule has 6 heteroatoms. The van der Waals surface area contributed by atoms with Gasteiger partial charge >= 0.3 is 0 Å². The fourth-order valence-corrected chi connectivity index (χ4v) is 10.5. The number of rotatable bonds is 6. The molecule has 0 saturated heterocycles. The number of nitrogens with zero attached hydrogens (tertiary/aromatic N) is 4. The van der Waals surface area contributed by atoms with Crippen LogP contribution in [0.1, 0.15) is 52.7 Å². The van der Waals surface area contributed by atoms with Crippen molar-refractivity contribution >= 4 is 76.1 Å². The van der Waals surface area contributed by atoms with Crippen LogP contribution >= 0.6 is 11.3 Å². The van der Waals surface area contributed by atoms with Crippen LogP contribution in [0.2, 0.25) is 0 Å². The van der Waals surface area contributed by atoms with E-state index < -0.39 is 0 Å². The highest BCUT2D eigenvalue weighted by atomic mass is 32.1. The first-order chi connectivity index (χ1) is 30.0. The Balaban J connectivity index is 1.01. The lowest BCUT2D eigenvalue weighted by Crippen LogP contribution is -2.26. The Morgan fingerprint density at radius 3 is 2.08 bits per heavy atom. The summed E-state index contributed by atoms with van der Waals surface area (Å²) in [6.07, 6.45) is 1.94. The summed E-state index contributed by atoms with van der Waals surface area (Å²) in [5.74, 6) is 2.43. The molecule has 0 saturated carbocycles. The summed E-state index contributed by atoms with van der Waals surface area (Å²) in [4.78, 5) is 9.90. The first-order valence-electron chi connectivity index (χ1n) is 21.5. The second-order valence-corrected chi connectivity index (χ2v) is 19.6. The lowest BCUT2D eigenvalue weighted by molar-refractivity contribution is 0.483. The smallest absolute Gasteiger partial charge is 0.138 e. The zero-order chi connectivity index (χ0) is 42.3. The van der Waals surface area contributed by atoms with Crippen molar-refractivity contribution in [2.45, 2.75) is 52.4 Å². The molecule has 1 aliphatic rings. The van der Waals surface area contributed by atoms with Gasteiger partial charge in [-0.15, -0.1) is 11.3 Å². The Kier molecular flexibility index (Phi) is 8.81. The van der Waals surface area contributed by atoms with Crippen molar-refractivity contribution in [3.8, 4) is 28.4 Å². The topological polar surface area (TPSA) is 33.5 Å². The number of ether oxygens (including phenoxy) is 1. The van der Waals surface area contributed by atoms with Crippen LogP contribution in [0.25, 0.3) is 58.9 Å². The second-order valence-electron chi connectivity index (χ2n) is 18.5. The van der Waals surface area contributed by atoms with Gasteiger partial charge in [0.2, 0.25) is 0 Å². The minimum Gasteiger partial charge on any atom is -0.457 e. The number of thiophene rings is 1. The highest BCUT2D eigenvalue weighted by Gasteiger charge is 2.31. The molecule has 0 spiro atoms. The first kappa shape index (κ1) is 38.1. The Morgan fingerprint density at radius 2 is 1.29 bits per heavy atom. The number of fused-ring (bicyclic) bond motifs is 8. The lowest BCUT2D eigenvalue weighted by Gasteiger charge is -2.29. The van der Waals surface area contributed by atoms with Gasteiger partial charge in [0.15, 0.2) is 0 Å². The fourth-order valence-electron chi connectivity index (χ4n) is 9.28. The quantitative estimate of drug-likeness (QED) is 0.167. The Hall–Kier alpha value is -6.89. The molecule has 5 nitrogen and oxygen atoms in total. The molecule has 0 radical (unpaired) electrons. The van der Waals surface area contributed by atoms with Gasteiger partial charge in [-0.1, -0.05) is 133 Å². The minimum atomic E-state index is 0.000905. The molecule has 3 aromatic heterocycles. The van der Waals surface area contributed by atoms with Crippen LogP contribution in [0.3, 0.4) is 0 Å². The Labute approximate surface area is 367 Å². The van der Waals surface area contributed by atoms with Crippen LogP contribution in [0, 0.1) is 0 Å². The van der Waals surface area contributed by atoms with Crippen LogP contribution in [-0.2, 0) is 10.8 Å². The van der Waals surface area contributed by atoms with E-state index in [1.165, 1.54) is 70.2 Å². The number of pyridine rings is 1. The van der Waals surface area contributed by atoms with E-state index in [1.54, 1.807) is 0 Å². The van der Waals surface area contributed by atoms with Crippen molar-refractivity contribution in [2.75, 3.05) is 16.5 Å². The number of aromatic nitrogens is 2. The zero-order valence-corrected chi connectivity index (χ0v) is 36.8. The SMILES string of the molecule is CC(C)(C)c1ccc(-c2ccnc(-n3c4cc(Oc5cccc(N6CN(c7ccccc7C(C)(C)C)c7ccccc76)c5)ccc4c4sc5ccc6ccccc6c5c43)c2)cc1. The zero-order valence-electron chi connectivity index (χ0n) is 36.0. The maximum atomic E-state index is 6.83. The molecule has 1 aliphatic heterocycles. The third-order valence-electron chi connectivity index (χ3n) is 12.4. The van der Waals surface area contributed by atoms with Gasteiger partial charge in [0.1, 0.15) is 24.0 Å². The van der Waals surface area contributed by atoms with Crippen molar-refractivity contribution < 1.29 is 4.74 Å². The van der Waals surface area contributed by atoms with E-state index in [4.69, 9.17) is 9.72 Å². The normalized spacial score (nSPS) is 13.2. The number of para-hydroxylation sites is 3. The van der Waals surface area contributed by atoms with E-state index in [-0.39, 0.29) is 10.8 Å². The molecule has 0 unspecified atom stereocenters. The van der Waals surface area contributed by atoms with E-state index in [0.717, 1.165) is 34.1 Å². The van der Waals surface area contributed by atoms with E-state index >= 15 is 0 Å². The monoisotopic (exact) mass is 824 g/mol.